The third-order valence-electron chi connectivity index (χ3n) is 2.56. The Morgan fingerprint density at radius 3 is 2.00 bits per heavy atom. The topological polar surface area (TPSA) is 81.7 Å². The maximum absolute atomic E-state index is 11.6. The Morgan fingerprint density at radius 2 is 1.61 bits per heavy atom. The summed E-state index contributed by atoms with van der Waals surface area (Å²) in [5.41, 5.74) is 0. The molecule has 0 spiro atoms. The molecular weight excluding hydrogens is 238 g/mol. The molecule has 18 heavy (non-hydrogen) atoms. The largest absolute Gasteiger partial charge is 0.469 e. The van der Waals surface area contributed by atoms with E-state index >= 15 is 0 Å². The number of carbonyl (C=O) groups excluding carboxylic acids is 3. The molecule has 0 aliphatic heterocycles. The SMILES string of the molecule is COC(=O)C[C@H](C)[C@@H](NC(=O)C(C)C)C(=O)OC. The summed E-state index contributed by atoms with van der Waals surface area (Å²) in [6.07, 6.45) is 0.0364. The summed E-state index contributed by atoms with van der Waals surface area (Å²) in [6, 6.07) is -0.844. The summed E-state index contributed by atoms with van der Waals surface area (Å²) in [4.78, 5) is 34.4. The average Bonchev–Trinajstić information content (AvgIpc) is 2.33. The van der Waals surface area contributed by atoms with Crippen molar-refractivity contribution >= 4 is 17.8 Å². The first-order valence-corrected chi connectivity index (χ1v) is 5.78. The standard InChI is InChI=1S/C12H21NO5/c1-7(2)11(15)13-10(12(16)18-5)8(3)6-9(14)17-4/h7-8,10H,6H2,1-5H3,(H,13,15)/t8-,10+/m0/s1. The van der Waals surface area contributed by atoms with Gasteiger partial charge in [0.25, 0.3) is 0 Å². The van der Waals surface area contributed by atoms with Crippen LogP contribution < -0.4 is 5.32 Å². The van der Waals surface area contributed by atoms with Crippen LogP contribution in [-0.2, 0) is 23.9 Å². The first-order chi connectivity index (χ1) is 8.33. The van der Waals surface area contributed by atoms with Gasteiger partial charge >= 0.3 is 11.9 Å². The fourth-order valence-corrected chi connectivity index (χ4v) is 1.34. The second kappa shape index (κ2) is 7.68. The summed E-state index contributed by atoms with van der Waals surface area (Å²) < 4.78 is 9.16. The van der Waals surface area contributed by atoms with Crippen LogP contribution in [0.3, 0.4) is 0 Å². The number of esters is 2. The summed E-state index contributed by atoms with van der Waals surface area (Å²) >= 11 is 0. The van der Waals surface area contributed by atoms with Crippen molar-refractivity contribution in [1.29, 1.82) is 0 Å². The van der Waals surface area contributed by atoms with E-state index in [-0.39, 0.29) is 18.2 Å². The van der Waals surface area contributed by atoms with Gasteiger partial charge in [0.2, 0.25) is 5.91 Å². The van der Waals surface area contributed by atoms with Gasteiger partial charge < -0.3 is 14.8 Å². The zero-order valence-electron chi connectivity index (χ0n) is 11.5. The van der Waals surface area contributed by atoms with Crippen molar-refractivity contribution in [2.24, 2.45) is 11.8 Å². The van der Waals surface area contributed by atoms with Crippen molar-refractivity contribution in [2.45, 2.75) is 33.2 Å². The number of amides is 1. The van der Waals surface area contributed by atoms with E-state index in [4.69, 9.17) is 0 Å². The second-order valence-corrected chi connectivity index (χ2v) is 4.42. The molecule has 1 N–H and O–H groups in total. The van der Waals surface area contributed by atoms with Gasteiger partial charge in [-0.1, -0.05) is 20.8 Å². The minimum atomic E-state index is -0.844. The molecule has 0 aromatic carbocycles. The Kier molecular flexibility index (Phi) is 7.00. The zero-order chi connectivity index (χ0) is 14.3. The molecule has 0 aliphatic rings. The minimum Gasteiger partial charge on any atom is -0.469 e. The van der Waals surface area contributed by atoms with Crippen LogP contribution in [-0.4, -0.2) is 38.1 Å². The predicted molar refractivity (Wildman–Crippen MR) is 64.6 cm³/mol. The second-order valence-electron chi connectivity index (χ2n) is 4.42. The molecule has 6 nitrogen and oxygen atoms in total. The van der Waals surface area contributed by atoms with E-state index in [0.29, 0.717) is 0 Å². The van der Waals surface area contributed by atoms with Gasteiger partial charge in [-0.25, -0.2) is 4.79 Å². The van der Waals surface area contributed by atoms with Gasteiger partial charge in [-0.05, 0) is 5.92 Å². The molecule has 0 aliphatic carbocycles. The van der Waals surface area contributed by atoms with Crippen LogP contribution in [0.15, 0.2) is 0 Å². The lowest BCUT2D eigenvalue weighted by molar-refractivity contribution is -0.148. The molecule has 1 amide bonds. The fourth-order valence-electron chi connectivity index (χ4n) is 1.34. The van der Waals surface area contributed by atoms with Crippen LogP contribution in [0.1, 0.15) is 27.2 Å². The molecule has 0 unspecified atom stereocenters. The van der Waals surface area contributed by atoms with Gasteiger partial charge in [0.1, 0.15) is 6.04 Å². The number of rotatable bonds is 6. The summed E-state index contributed by atoms with van der Waals surface area (Å²) in [6.45, 7) is 5.11. The number of nitrogens with one attached hydrogen (secondary N) is 1. The van der Waals surface area contributed by atoms with Crippen LogP contribution in [0.5, 0.6) is 0 Å². The number of ether oxygens (including phenoxy) is 2. The van der Waals surface area contributed by atoms with E-state index in [9.17, 15) is 14.4 Å². The quantitative estimate of drug-likeness (QED) is 0.702. The Bertz CT molecular complexity index is 314. The minimum absolute atomic E-state index is 0.0364. The van der Waals surface area contributed by atoms with Gasteiger partial charge in [0.05, 0.1) is 20.6 Å². The van der Waals surface area contributed by atoms with E-state index in [1.807, 2.05) is 0 Å². The number of hydrogen-bond donors (Lipinski definition) is 1. The summed E-state index contributed by atoms with van der Waals surface area (Å²) in [5.74, 6) is -1.91. The van der Waals surface area contributed by atoms with Crippen molar-refractivity contribution in [3.8, 4) is 0 Å². The molecule has 0 fully saturated rings. The highest BCUT2D eigenvalue weighted by molar-refractivity contribution is 5.86. The van der Waals surface area contributed by atoms with Crippen LogP contribution in [0.2, 0.25) is 0 Å². The lowest BCUT2D eigenvalue weighted by Gasteiger charge is -2.23. The van der Waals surface area contributed by atoms with Gasteiger partial charge in [-0.2, -0.15) is 0 Å². The lowest BCUT2D eigenvalue weighted by Crippen LogP contribution is -2.47. The van der Waals surface area contributed by atoms with Crippen molar-refractivity contribution in [2.75, 3.05) is 14.2 Å². The Balaban J connectivity index is 4.72. The van der Waals surface area contributed by atoms with E-state index in [2.05, 4.69) is 14.8 Å². The van der Waals surface area contributed by atoms with Crippen molar-refractivity contribution < 1.29 is 23.9 Å². The Morgan fingerprint density at radius 1 is 1.06 bits per heavy atom. The molecule has 0 aromatic heterocycles. The van der Waals surface area contributed by atoms with E-state index in [0.717, 1.165) is 0 Å². The maximum Gasteiger partial charge on any atom is 0.328 e. The van der Waals surface area contributed by atoms with Crippen molar-refractivity contribution in [1.82, 2.24) is 5.32 Å². The molecule has 0 rings (SSSR count). The smallest absolute Gasteiger partial charge is 0.328 e. The van der Waals surface area contributed by atoms with Crippen LogP contribution in [0, 0.1) is 11.8 Å². The molecular formula is C12H21NO5. The molecule has 0 saturated heterocycles. The number of hydrogen-bond acceptors (Lipinski definition) is 5. The summed E-state index contributed by atoms with van der Waals surface area (Å²) in [7, 11) is 2.51. The molecule has 0 radical (unpaired) electrons. The van der Waals surface area contributed by atoms with Gasteiger partial charge in [-0.15, -0.1) is 0 Å². The fraction of sp³-hybridized carbons (Fsp3) is 0.750. The first kappa shape index (κ1) is 16.4. The molecule has 0 bridgehead atoms. The summed E-state index contributed by atoms with van der Waals surface area (Å²) in [5, 5.41) is 2.58. The molecule has 0 heterocycles. The zero-order valence-corrected chi connectivity index (χ0v) is 11.5. The molecule has 2 atom stereocenters. The molecule has 0 aromatic rings. The maximum atomic E-state index is 11.6. The van der Waals surface area contributed by atoms with Crippen molar-refractivity contribution in [3.63, 3.8) is 0 Å². The van der Waals surface area contributed by atoms with Crippen LogP contribution in [0.4, 0.5) is 0 Å². The predicted octanol–water partition coefficient (Wildman–Crippen LogP) is 0.499. The highest BCUT2D eigenvalue weighted by Crippen LogP contribution is 2.11. The van der Waals surface area contributed by atoms with E-state index in [1.54, 1.807) is 20.8 Å². The number of methoxy groups -OCH3 is 2. The molecule has 0 saturated carbocycles. The van der Waals surface area contributed by atoms with E-state index < -0.39 is 23.9 Å². The Labute approximate surface area is 107 Å². The third kappa shape index (κ3) is 5.16. The first-order valence-electron chi connectivity index (χ1n) is 5.78. The normalized spacial score (nSPS) is 13.7. The van der Waals surface area contributed by atoms with Gasteiger partial charge in [-0.3, -0.25) is 9.59 Å². The highest BCUT2D eigenvalue weighted by Gasteiger charge is 2.30. The molecule has 6 heteroatoms. The Hall–Kier alpha value is -1.59. The van der Waals surface area contributed by atoms with Gasteiger partial charge in [0.15, 0.2) is 0 Å². The number of carbonyl (C=O) groups is 3. The van der Waals surface area contributed by atoms with Gasteiger partial charge in [0, 0.05) is 5.92 Å². The van der Waals surface area contributed by atoms with Crippen LogP contribution >= 0.6 is 0 Å². The highest BCUT2D eigenvalue weighted by atomic mass is 16.5. The monoisotopic (exact) mass is 259 g/mol. The van der Waals surface area contributed by atoms with E-state index in [1.165, 1.54) is 14.2 Å². The lowest BCUT2D eigenvalue weighted by atomic mass is 9.97. The third-order valence-corrected chi connectivity index (χ3v) is 2.56. The van der Waals surface area contributed by atoms with Crippen molar-refractivity contribution in [3.05, 3.63) is 0 Å². The molecule has 104 valence electrons. The average molecular weight is 259 g/mol. The van der Waals surface area contributed by atoms with Crippen LogP contribution in [0.25, 0.3) is 0 Å².